The Bertz CT molecular complexity index is 505. The van der Waals surface area contributed by atoms with Gasteiger partial charge in [0, 0.05) is 47.1 Å². The van der Waals surface area contributed by atoms with Gasteiger partial charge in [0.1, 0.15) is 0 Å². The average Bonchev–Trinajstić information content (AvgIpc) is 2.67. The minimum atomic E-state index is 0. The third-order valence-corrected chi connectivity index (χ3v) is 4.18. The molecule has 2 rings (SSSR count). The molecule has 1 aliphatic heterocycles. The number of nitrogens with zero attached hydrogens (tertiary/aromatic N) is 1. The number of halogens is 1. The standard InChI is InChI=1S/C19H31N3O3.HI/c1-20-19(21-10-3-11-23-2)22-14-16-4-6-17(7-5-16)15-25-18-8-12-24-13-9-18;/h4-7,18H,3,8-15H2,1-2H3,(H2,20,21,22);1H. The summed E-state index contributed by atoms with van der Waals surface area (Å²) in [5, 5.41) is 6.59. The Morgan fingerprint density at radius 1 is 1.15 bits per heavy atom. The summed E-state index contributed by atoms with van der Waals surface area (Å²) in [6, 6.07) is 8.53. The van der Waals surface area contributed by atoms with E-state index in [0.717, 1.165) is 58.1 Å². The highest BCUT2D eigenvalue weighted by Gasteiger charge is 2.13. The minimum absolute atomic E-state index is 0. The first-order valence-electron chi connectivity index (χ1n) is 9.02. The minimum Gasteiger partial charge on any atom is -0.385 e. The van der Waals surface area contributed by atoms with Gasteiger partial charge in [0.25, 0.3) is 0 Å². The van der Waals surface area contributed by atoms with Crippen LogP contribution in [-0.4, -0.2) is 52.6 Å². The molecule has 1 heterocycles. The highest BCUT2D eigenvalue weighted by Crippen LogP contribution is 2.14. The topological polar surface area (TPSA) is 64.1 Å². The van der Waals surface area contributed by atoms with Crippen molar-refractivity contribution >= 4 is 29.9 Å². The van der Waals surface area contributed by atoms with Gasteiger partial charge < -0.3 is 24.8 Å². The molecule has 0 spiro atoms. The van der Waals surface area contributed by atoms with Crippen molar-refractivity contribution in [2.24, 2.45) is 4.99 Å². The van der Waals surface area contributed by atoms with Gasteiger partial charge in [-0.2, -0.15) is 0 Å². The van der Waals surface area contributed by atoms with E-state index in [2.05, 4.69) is 39.9 Å². The molecule has 1 aliphatic rings. The number of aliphatic imine (C=N–C) groups is 1. The van der Waals surface area contributed by atoms with Gasteiger partial charge in [-0.15, -0.1) is 24.0 Å². The second-order valence-electron chi connectivity index (χ2n) is 6.14. The first kappa shape index (κ1) is 23.1. The van der Waals surface area contributed by atoms with Crippen molar-refractivity contribution in [3.05, 3.63) is 35.4 Å². The summed E-state index contributed by atoms with van der Waals surface area (Å²) in [6.45, 7) is 4.63. The van der Waals surface area contributed by atoms with Crippen LogP contribution in [-0.2, 0) is 27.4 Å². The smallest absolute Gasteiger partial charge is 0.191 e. The van der Waals surface area contributed by atoms with Gasteiger partial charge in [0.15, 0.2) is 5.96 Å². The highest BCUT2D eigenvalue weighted by molar-refractivity contribution is 14.0. The molecule has 0 saturated carbocycles. The molecule has 1 aromatic carbocycles. The second kappa shape index (κ2) is 14.2. The lowest BCUT2D eigenvalue weighted by Crippen LogP contribution is -2.37. The van der Waals surface area contributed by atoms with Gasteiger partial charge in [0.2, 0.25) is 0 Å². The molecule has 148 valence electrons. The van der Waals surface area contributed by atoms with E-state index in [0.29, 0.717) is 12.7 Å². The maximum atomic E-state index is 5.95. The normalized spacial score (nSPS) is 15.4. The van der Waals surface area contributed by atoms with Crippen LogP contribution in [0.2, 0.25) is 0 Å². The van der Waals surface area contributed by atoms with Crippen molar-refractivity contribution in [1.82, 2.24) is 10.6 Å². The number of hydrogen-bond acceptors (Lipinski definition) is 4. The summed E-state index contributed by atoms with van der Waals surface area (Å²) in [7, 11) is 3.49. The largest absolute Gasteiger partial charge is 0.385 e. The van der Waals surface area contributed by atoms with Gasteiger partial charge in [-0.25, -0.2) is 0 Å². The van der Waals surface area contributed by atoms with E-state index in [-0.39, 0.29) is 24.0 Å². The number of nitrogens with one attached hydrogen (secondary N) is 2. The SMILES string of the molecule is CN=C(NCCCOC)NCc1ccc(COC2CCOCC2)cc1.I. The van der Waals surface area contributed by atoms with E-state index in [9.17, 15) is 0 Å². The first-order chi connectivity index (χ1) is 12.3. The maximum absolute atomic E-state index is 5.95. The monoisotopic (exact) mass is 477 g/mol. The number of ether oxygens (including phenoxy) is 3. The van der Waals surface area contributed by atoms with Crippen LogP contribution < -0.4 is 10.6 Å². The molecule has 0 atom stereocenters. The lowest BCUT2D eigenvalue weighted by molar-refractivity contribution is -0.0390. The second-order valence-corrected chi connectivity index (χ2v) is 6.14. The van der Waals surface area contributed by atoms with Crippen molar-refractivity contribution in [1.29, 1.82) is 0 Å². The zero-order chi connectivity index (χ0) is 17.7. The molecule has 2 N–H and O–H groups in total. The van der Waals surface area contributed by atoms with E-state index in [4.69, 9.17) is 14.2 Å². The Balaban J connectivity index is 0.00000338. The molecule has 26 heavy (non-hydrogen) atoms. The average molecular weight is 477 g/mol. The number of benzene rings is 1. The Morgan fingerprint density at radius 3 is 2.50 bits per heavy atom. The molecule has 0 aromatic heterocycles. The quantitative estimate of drug-likeness (QED) is 0.248. The number of rotatable bonds is 9. The van der Waals surface area contributed by atoms with Crippen molar-refractivity contribution < 1.29 is 14.2 Å². The lowest BCUT2D eigenvalue weighted by atomic mass is 10.1. The zero-order valence-corrected chi connectivity index (χ0v) is 18.2. The number of hydrogen-bond donors (Lipinski definition) is 2. The van der Waals surface area contributed by atoms with Gasteiger partial charge in [0.05, 0.1) is 12.7 Å². The molecule has 7 heteroatoms. The Morgan fingerprint density at radius 2 is 1.85 bits per heavy atom. The van der Waals surface area contributed by atoms with Gasteiger partial charge in [-0.05, 0) is 30.4 Å². The van der Waals surface area contributed by atoms with Gasteiger partial charge in [-0.3, -0.25) is 4.99 Å². The van der Waals surface area contributed by atoms with E-state index in [1.165, 1.54) is 11.1 Å². The fourth-order valence-corrected chi connectivity index (χ4v) is 2.64. The van der Waals surface area contributed by atoms with Crippen molar-refractivity contribution in [2.75, 3.05) is 40.5 Å². The molecule has 0 bridgehead atoms. The summed E-state index contributed by atoms with van der Waals surface area (Å²) in [5.41, 5.74) is 2.42. The van der Waals surface area contributed by atoms with Crippen LogP contribution in [0.25, 0.3) is 0 Å². The summed E-state index contributed by atoms with van der Waals surface area (Å²) in [6.07, 6.45) is 3.29. The number of methoxy groups -OCH3 is 1. The zero-order valence-electron chi connectivity index (χ0n) is 15.8. The van der Waals surface area contributed by atoms with Crippen LogP contribution in [0.4, 0.5) is 0 Å². The fraction of sp³-hybridized carbons (Fsp3) is 0.632. The Kier molecular flexibility index (Phi) is 12.6. The summed E-state index contributed by atoms with van der Waals surface area (Å²) in [4.78, 5) is 4.22. The highest BCUT2D eigenvalue weighted by atomic mass is 127. The summed E-state index contributed by atoms with van der Waals surface area (Å²) in [5.74, 6) is 0.808. The molecule has 1 aromatic rings. The molecule has 6 nitrogen and oxygen atoms in total. The van der Waals surface area contributed by atoms with Crippen LogP contribution in [0.15, 0.2) is 29.3 Å². The third kappa shape index (κ3) is 9.16. The molecule has 1 saturated heterocycles. The molecule has 0 unspecified atom stereocenters. The van der Waals surface area contributed by atoms with Crippen LogP contribution >= 0.6 is 24.0 Å². The summed E-state index contributed by atoms with van der Waals surface area (Å²) < 4.78 is 16.3. The molecule has 0 aliphatic carbocycles. The maximum Gasteiger partial charge on any atom is 0.191 e. The lowest BCUT2D eigenvalue weighted by Gasteiger charge is -2.22. The predicted molar refractivity (Wildman–Crippen MR) is 115 cm³/mol. The van der Waals surface area contributed by atoms with Gasteiger partial charge in [-0.1, -0.05) is 24.3 Å². The Labute approximate surface area is 174 Å². The molecule has 0 radical (unpaired) electrons. The van der Waals surface area contributed by atoms with Crippen molar-refractivity contribution in [3.8, 4) is 0 Å². The summed E-state index contributed by atoms with van der Waals surface area (Å²) >= 11 is 0. The first-order valence-corrected chi connectivity index (χ1v) is 9.02. The van der Waals surface area contributed by atoms with Crippen LogP contribution in [0, 0.1) is 0 Å². The van der Waals surface area contributed by atoms with Gasteiger partial charge >= 0.3 is 0 Å². The van der Waals surface area contributed by atoms with Crippen LogP contribution in [0.3, 0.4) is 0 Å². The van der Waals surface area contributed by atoms with E-state index < -0.39 is 0 Å². The van der Waals surface area contributed by atoms with Crippen molar-refractivity contribution in [2.45, 2.75) is 38.5 Å². The van der Waals surface area contributed by atoms with Crippen molar-refractivity contribution in [3.63, 3.8) is 0 Å². The van der Waals surface area contributed by atoms with E-state index in [1.807, 2.05) is 0 Å². The van der Waals surface area contributed by atoms with Crippen LogP contribution in [0.1, 0.15) is 30.4 Å². The number of guanidine groups is 1. The Hall–Kier alpha value is -0.900. The molecular weight excluding hydrogens is 445 g/mol. The predicted octanol–water partition coefficient (Wildman–Crippen LogP) is 2.70. The molecule has 1 fully saturated rings. The van der Waals surface area contributed by atoms with E-state index >= 15 is 0 Å². The fourth-order valence-electron chi connectivity index (χ4n) is 2.64. The molecular formula is C19H32IN3O3. The van der Waals surface area contributed by atoms with Crippen LogP contribution in [0.5, 0.6) is 0 Å². The third-order valence-electron chi connectivity index (χ3n) is 4.18. The molecule has 0 amide bonds. The van der Waals surface area contributed by atoms with E-state index in [1.54, 1.807) is 14.2 Å².